The van der Waals surface area contributed by atoms with E-state index in [1.54, 1.807) is 0 Å². The third kappa shape index (κ3) is 2.22. The van der Waals surface area contributed by atoms with Gasteiger partial charge in [-0.2, -0.15) is 0 Å². The van der Waals surface area contributed by atoms with Gasteiger partial charge in [-0.1, -0.05) is 38.1 Å². The third-order valence-electron chi connectivity index (χ3n) is 5.43. The third-order valence-corrected chi connectivity index (χ3v) is 5.43. The predicted octanol–water partition coefficient (Wildman–Crippen LogP) is 4.20. The van der Waals surface area contributed by atoms with E-state index in [0.29, 0.717) is 6.61 Å². The van der Waals surface area contributed by atoms with E-state index in [0.717, 1.165) is 18.4 Å². The van der Waals surface area contributed by atoms with Crippen LogP contribution in [0.3, 0.4) is 0 Å². The molecule has 2 nitrogen and oxygen atoms in total. The van der Waals surface area contributed by atoms with Gasteiger partial charge in [0.15, 0.2) is 6.17 Å². The van der Waals surface area contributed by atoms with Gasteiger partial charge >= 0.3 is 0 Å². The lowest BCUT2D eigenvalue weighted by Crippen LogP contribution is -2.49. The van der Waals surface area contributed by atoms with Gasteiger partial charge in [0.05, 0.1) is 12.2 Å². The lowest BCUT2D eigenvalue weighted by atomic mass is 9.74. The Bertz CT molecular complexity index is 530. The van der Waals surface area contributed by atoms with Gasteiger partial charge in [-0.05, 0) is 43.7 Å². The maximum atomic E-state index is 15.0. The summed E-state index contributed by atoms with van der Waals surface area (Å²) < 4.78 is 27.1. The summed E-state index contributed by atoms with van der Waals surface area (Å²) in [5.74, 6) is 0.168. The summed E-state index contributed by atoms with van der Waals surface area (Å²) in [6, 6.07) is 8.09. The summed E-state index contributed by atoms with van der Waals surface area (Å²) in [4.78, 5) is 0. The maximum Gasteiger partial charge on any atom is 0.158 e. The van der Waals surface area contributed by atoms with Gasteiger partial charge < -0.3 is 9.47 Å². The van der Waals surface area contributed by atoms with Crippen LogP contribution in [0.15, 0.2) is 24.3 Å². The number of alkyl halides is 1. The average Bonchev–Trinajstić information content (AvgIpc) is 2.90. The van der Waals surface area contributed by atoms with Crippen molar-refractivity contribution in [3.05, 3.63) is 35.4 Å². The number of ether oxygens (including phenoxy) is 2. The second kappa shape index (κ2) is 5.06. The lowest BCUT2D eigenvalue weighted by molar-refractivity contribution is -0.0962. The van der Waals surface area contributed by atoms with Crippen molar-refractivity contribution in [3.8, 4) is 0 Å². The zero-order valence-electron chi connectivity index (χ0n) is 13.4. The molecule has 21 heavy (non-hydrogen) atoms. The van der Waals surface area contributed by atoms with E-state index < -0.39 is 23.5 Å². The molecule has 1 aromatic carbocycles. The van der Waals surface area contributed by atoms with Gasteiger partial charge in [0.25, 0.3) is 0 Å². The maximum absolute atomic E-state index is 15.0. The molecule has 116 valence electrons. The number of hydrogen-bond donors (Lipinski definition) is 0. The second-order valence-electron chi connectivity index (χ2n) is 7.08. The summed E-state index contributed by atoms with van der Waals surface area (Å²) in [5, 5.41) is 0. The first-order valence-corrected chi connectivity index (χ1v) is 7.89. The Labute approximate surface area is 126 Å². The monoisotopic (exact) mass is 292 g/mol. The standard InChI is InChI=1S/C18H25FO2/c1-12(2)18-10-9-17(4,21-18)16(15(18)19)20-11-14-8-6-5-7-13(14)3/h5-8,12,15-16H,9-11H2,1-4H3/t15-,16-,17+,18+/m1/s1. The highest BCUT2D eigenvalue weighted by Crippen LogP contribution is 2.56. The Balaban J connectivity index is 1.76. The SMILES string of the molecule is Cc1ccccc1CO[C@@H]1[C@@H](F)[C@@]2(C(C)C)CC[C@]1(C)O2. The molecule has 1 aromatic rings. The van der Waals surface area contributed by atoms with Crippen LogP contribution in [0.5, 0.6) is 0 Å². The Hall–Kier alpha value is -0.930. The molecule has 4 atom stereocenters. The quantitative estimate of drug-likeness (QED) is 0.828. The van der Waals surface area contributed by atoms with Crippen LogP contribution < -0.4 is 0 Å². The summed E-state index contributed by atoms with van der Waals surface area (Å²) in [5.41, 5.74) is 1.17. The van der Waals surface area contributed by atoms with Crippen LogP contribution >= 0.6 is 0 Å². The lowest BCUT2D eigenvalue weighted by Gasteiger charge is -2.35. The van der Waals surface area contributed by atoms with Crippen molar-refractivity contribution in [3.63, 3.8) is 0 Å². The molecule has 2 bridgehead atoms. The van der Waals surface area contributed by atoms with E-state index in [2.05, 4.69) is 13.0 Å². The summed E-state index contributed by atoms with van der Waals surface area (Å²) in [7, 11) is 0. The van der Waals surface area contributed by atoms with Crippen molar-refractivity contribution in [2.75, 3.05) is 0 Å². The van der Waals surface area contributed by atoms with Gasteiger partial charge in [-0.3, -0.25) is 0 Å². The number of aryl methyl sites for hydroxylation is 1. The summed E-state index contributed by atoms with van der Waals surface area (Å²) in [6.45, 7) is 8.59. The minimum absolute atomic E-state index is 0.168. The molecule has 2 heterocycles. The largest absolute Gasteiger partial charge is 0.367 e. The van der Waals surface area contributed by atoms with E-state index in [1.807, 2.05) is 39.0 Å². The molecule has 0 aromatic heterocycles. The zero-order valence-corrected chi connectivity index (χ0v) is 13.4. The van der Waals surface area contributed by atoms with Crippen molar-refractivity contribution in [2.45, 2.75) is 70.6 Å². The van der Waals surface area contributed by atoms with Crippen LogP contribution in [0.1, 0.15) is 44.7 Å². The van der Waals surface area contributed by atoms with Crippen molar-refractivity contribution in [1.82, 2.24) is 0 Å². The van der Waals surface area contributed by atoms with Crippen LogP contribution in [0.2, 0.25) is 0 Å². The number of rotatable bonds is 4. The van der Waals surface area contributed by atoms with Crippen LogP contribution in [-0.2, 0) is 16.1 Å². The molecule has 2 fully saturated rings. The van der Waals surface area contributed by atoms with E-state index in [9.17, 15) is 4.39 Å². The molecule has 0 radical (unpaired) electrons. The Kier molecular flexibility index (Phi) is 3.61. The van der Waals surface area contributed by atoms with Gasteiger partial charge in [0.1, 0.15) is 11.7 Å². The van der Waals surface area contributed by atoms with Gasteiger partial charge in [-0.25, -0.2) is 4.39 Å². The van der Waals surface area contributed by atoms with Gasteiger partial charge in [-0.15, -0.1) is 0 Å². The molecule has 2 aliphatic rings. The highest BCUT2D eigenvalue weighted by molar-refractivity contribution is 5.25. The fourth-order valence-corrected chi connectivity index (χ4v) is 3.88. The van der Waals surface area contributed by atoms with E-state index in [4.69, 9.17) is 9.47 Å². The number of hydrogen-bond acceptors (Lipinski definition) is 2. The predicted molar refractivity (Wildman–Crippen MR) is 80.9 cm³/mol. The fourth-order valence-electron chi connectivity index (χ4n) is 3.88. The molecule has 0 saturated carbocycles. The smallest absolute Gasteiger partial charge is 0.158 e. The van der Waals surface area contributed by atoms with Crippen molar-refractivity contribution >= 4 is 0 Å². The minimum Gasteiger partial charge on any atom is -0.367 e. The second-order valence-corrected chi connectivity index (χ2v) is 7.08. The average molecular weight is 292 g/mol. The first kappa shape index (κ1) is 15.0. The normalized spacial score (nSPS) is 38.4. The van der Waals surface area contributed by atoms with Crippen LogP contribution in [0.25, 0.3) is 0 Å². The van der Waals surface area contributed by atoms with E-state index >= 15 is 0 Å². The molecular formula is C18H25FO2. The molecule has 0 spiro atoms. The van der Waals surface area contributed by atoms with Gasteiger partial charge in [0.2, 0.25) is 0 Å². The topological polar surface area (TPSA) is 18.5 Å². The first-order chi connectivity index (χ1) is 9.89. The molecule has 3 rings (SSSR count). The fraction of sp³-hybridized carbons (Fsp3) is 0.667. The zero-order chi connectivity index (χ0) is 15.3. The highest BCUT2D eigenvalue weighted by atomic mass is 19.1. The molecule has 2 saturated heterocycles. The summed E-state index contributed by atoms with van der Waals surface area (Å²) in [6.07, 6.45) is 0.171. The Morgan fingerprint density at radius 1 is 1.33 bits per heavy atom. The van der Waals surface area contributed by atoms with Crippen LogP contribution in [-0.4, -0.2) is 23.5 Å². The van der Waals surface area contributed by atoms with Crippen molar-refractivity contribution in [1.29, 1.82) is 0 Å². The molecule has 3 heteroatoms. The van der Waals surface area contributed by atoms with Crippen LogP contribution in [0.4, 0.5) is 4.39 Å². The molecular weight excluding hydrogens is 267 g/mol. The molecule has 0 N–H and O–H groups in total. The van der Waals surface area contributed by atoms with Crippen LogP contribution in [0, 0.1) is 12.8 Å². The Morgan fingerprint density at radius 3 is 2.67 bits per heavy atom. The number of halogens is 1. The number of benzene rings is 1. The summed E-state index contributed by atoms with van der Waals surface area (Å²) >= 11 is 0. The molecule has 2 aliphatic heterocycles. The van der Waals surface area contributed by atoms with E-state index in [-0.39, 0.29) is 5.92 Å². The molecule has 0 aliphatic carbocycles. The number of fused-ring (bicyclic) bond motifs is 2. The minimum atomic E-state index is -1.04. The Morgan fingerprint density at radius 2 is 2.05 bits per heavy atom. The van der Waals surface area contributed by atoms with Crippen molar-refractivity contribution in [2.24, 2.45) is 5.92 Å². The highest BCUT2D eigenvalue weighted by Gasteiger charge is 2.67. The molecule has 0 unspecified atom stereocenters. The molecule has 0 amide bonds. The van der Waals surface area contributed by atoms with Crippen molar-refractivity contribution < 1.29 is 13.9 Å². The van der Waals surface area contributed by atoms with E-state index in [1.165, 1.54) is 5.56 Å². The first-order valence-electron chi connectivity index (χ1n) is 7.89. The van der Waals surface area contributed by atoms with Gasteiger partial charge in [0, 0.05) is 0 Å².